The van der Waals surface area contributed by atoms with Crippen molar-refractivity contribution in [3.63, 3.8) is 0 Å². The van der Waals surface area contributed by atoms with Gasteiger partial charge in [0.1, 0.15) is 10.5 Å². The molecule has 3 nitrogen and oxygen atoms in total. The first-order chi connectivity index (χ1) is 9.70. The van der Waals surface area contributed by atoms with E-state index in [1.165, 1.54) is 22.3 Å². The third kappa shape index (κ3) is 3.14. The summed E-state index contributed by atoms with van der Waals surface area (Å²) in [6.45, 7) is 7.35. The number of aromatic nitrogens is 2. The van der Waals surface area contributed by atoms with E-state index >= 15 is 0 Å². The van der Waals surface area contributed by atoms with E-state index in [9.17, 15) is 0 Å². The molecule has 2 heterocycles. The summed E-state index contributed by atoms with van der Waals surface area (Å²) in [7, 11) is 0. The van der Waals surface area contributed by atoms with Crippen molar-refractivity contribution in [1.82, 2.24) is 15.1 Å². The van der Waals surface area contributed by atoms with Gasteiger partial charge in [-0.25, -0.2) is 0 Å². The van der Waals surface area contributed by atoms with Crippen LogP contribution in [-0.2, 0) is 6.54 Å². The molecule has 0 fully saturated rings. The van der Waals surface area contributed by atoms with Crippen LogP contribution in [0, 0.1) is 13.8 Å². The third-order valence-electron chi connectivity index (χ3n) is 3.65. The number of hydrogen-bond acceptors (Lipinski definition) is 4. The third-order valence-corrected chi connectivity index (χ3v) is 4.33. The van der Waals surface area contributed by atoms with Crippen LogP contribution in [0.4, 0.5) is 0 Å². The second-order valence-electron chi connectivity index (χ2n) is 5.42. The van der Waals surface area contributed by atoms with Crippen LogP contribution in [0.5, 0.6) is 0 Å². The molecule has 2 aromatic rings. The van der Waals surface area contributed by atoms with E-state index < -0.39 is 0 Å². The van der Waals surface area contributed by atoms with Crippen molar-refractivity contribution in [2.24, 2.45) is 0 Å². The minimum Gasteiger partial charge on any atom is -0.293 e. The zero-order chi connectivity index (χ0) is 13.9. The SMILES string of the molecule is Cc1cc(C)cc(C2=CCN(Cc3nncs3)CC2)c1. The Morgan fingerprint density at radius 1 is 1.20 bits per heavy atom. The van der Waals surface area contributed by atoms with Crippen LogP contribution in [-0.4, -0.2) is 28.2 Å². The molecule has 0 spiro atoms. The maximum Gasteiger partial charge on any atom is 0.131 e. The predicted molar refractivity (Wildman–Crippen MR) is 83.7 cm³/mol. The highest BCUT2D eigenvalue weighted by molar-refractivity contribution is 7.09. The molecule has 1 aliphatic rings. The average Bonchev–Trinajstić information content (AvgIpc) is 2.91. The molecule has 0 saturated heterocycles. The molecule has 0 amide bonds. The highest BCUT2D eigenvalue weighted by Gasteiger charge is 2.14. The predicted octanol–water partition coefficient (Wildman–Crippen LogP) is 3.44. The molecule has 0 unspecified atom stereocenters. The Morgan fingerprint density at radius 3 is 2.60 bits per heavy atom. The minimum atomic E-state index is 0.918. The lowest BCUT2D eigenvalue weighted by molar-refractivity contribution is 0.292. The Labute approximate surface area is 124 Å². The van der Waals surface area contributed by atoms with Crippen molar-refractivity contribution < 1.29 is 0 Å². The van der Waals surface area contributed by atoms with Gasteiger partial charge in [-0.05, 0) is 31.4 Å². The van der Waals surface area contributed by atoms with Crippen LogP contribution in [0.2, 0.25) is 0 Å². The van der Waals surface area contributed by atoms with E-state index in [1.807, 2.05) is 0 Å². The van der Waals surface area contributed by atoms with Crippen LogP contribution in [0.25, 0.3) is 5.57 Å². The standard InChI is InChI=1S/C16H19N3S/c1-12-7-13(2)9-15(8-12)14-3-5-19(6-4-14)10-16-18-17-11-20-16/h3,7-9,11H,4-6,10H2,1-2H3. The lowest BCUT2D eigenvalue weighted by atomic mass is 9.96. The van der Waals surface area contributed by atoms with Gasteiger partial charge in [0.05, 0.1) is 6.54 Å². The lowest BCUT2D eigenvalue weighted by Crippen LogP contribution is -2.28. The molecular weight excluding hydrogens is 266 g/mol. The van der Waals surface area contributed by atoms with E-state index in [1.54, 1.807) is 16.8 Å². The van der Waals surface area contributed by atoms with Gasteiger partial charge in [-0.3, -0.25) is 4.90 Å². The van der Waals surface area contributed by atoms with Crippen LogP contribution >= 0.6 is 11.3 Å². The monoisotopic (exact) mass is 285 g/mol. The molecule has 1 aromatic carbocycles. The smallest absolute Gasteiger partial charge is 0.131 e. The molecule has 0 atom stereocenters. The number of hydrogen-bond donors (Lipinski definition) is 0. The van der Waals surface area contributed by atoms with Crippen LogP contribution < -0.4 is 0 Å². The number of aryl methyl sites for hydroxylation is 2. The fourth-order valence-electron chi connectivity index (χ4n) is 2.73. The van der Waals surface area contributed by atoms with Gasteiger partial charge in [0.25, 0.3) is 0 Å². The maximum absolute atomic E-state index is 4.12. The van der Waals surface area contributed by atoms with Crippen molar-refractivity contribution in [1.29, 1.82) is 0 Å². The van der Waals surface area contributed by atoms with Gasteiger partial charge in [-0.1, -0.05) is 35.4 Å². The quantitative estimate of drug-likeness (QED) is 0.865. The van der Waals surface area contributed by atoms with Crippen molar-refractivity contribution in [2.75, 3.05) is 13.1 Å². The summed E-state index contributed by atoms with van der Waals surface area (Å²) in [5.41, 5.74) is 7.36. The Hall–Kier alpha value is -1.52. The van der Waals surface area contributed by atoms with Gasteiger partial charge in [-0.2, -0.15) is 0 Å². The molecule has 0 saturated carbocycles. The second kappa shape index (κ2) is 5.85. The second-order valence-corrected chi connectivity index (χ2v) is 6.34. The van der Waals surface area contributed by atoms with E-state index in [4.69, 9.17) is 0 Å². The summed E-state index contributed by atoms with van der Waals surface area (Å²) in [6.07, 6.45) is 3.47. The normalized spacial score (nSPS) is 16.2. The Balaban J connectivity index is 1.70. The van der Waals surface area contributed by atoms with Gasteiger partial charge in [0, 0.05) is 13.1 Å². The lowest BCUT2D eigenvalue weighted by Gasteiger charge is -2.25. The van der Waals surface area contributed by atoms with E-state index in [2.05, 4.69) is 53.2 Å². The summed E-state index contributed by atoms with van der Waals surface area (Å²) in [5, 5.41) is 9.12. The van der Waals surface area contributed by atoms with Crippen molar-refractivity contribution in [3.8, 4) is 0 Å². The van der Waals surface area contributed by atoms with Crippen LogP contribution in [0.15, 0.2) is 29.8 Å². The largest absolute Gasteiger partial charge is 0.293 e. The topological polar surface area (TPSA) is 29.0 Å². The number of benzene rings is 1. The van der Waals surface area contributed by atoms with Crippen LogP contribution in [0.3, 0.4) is 0 Å². The molecule has 4 heteroatoms. The molecule has 0 radical (unpaired) electrons. The zero-order valence-electron chi connectivity index (χ0n) is 12.0. The molecule has 0 aliphatic carbocycles. The summed E-state index contributed by atoms with van der Waals surface area (Å²) >= 11 is 1.63. The number of nitrogens with zero attached hydrogens (tertiary/aromatic N) is 3. The minimum absolute atomic E-state index is 0.918. The van der Waals surface area contributed by atoms with Gasteiger partial charge >= 0.3 is 0 Å². The molecule has 0 N–H and O–H groups in total. The van der Waals surface area contributed by atoms with E-state index in [0.717, 1.165) is 31.1 Å². The van der Waals surface area contributed by atoms with Gasteiger partial charge in [-0.15, -0.1) is 21.5 Å². The average molecular weight is 285 g/mol. The summed E-state index contributed by atoms with van der Waals surface area (Å²) in [6, 6.07) is 6.81. The molecule has 1 aliphatic heterocycles. The molecule has 3 rings (SSSR count). The van der Waals surface area contributed by atoms with E-state index in [0.29, 0.717) is 0 Å². The summed E-state index contributed by atoms with van der Waals surface area (Å²) in [4.78, 5) is 2.42. The molecule has 20 heavy (non-hydrogen) atoms. The van der Waals surface area contributed by atoms with Gasteiger partial charge in [0.15, 0.2) is 0 Å². The fraction of sp³-hybridized carbons (Fsp3) is 0.375. The molecular formula is C16H19N3S. The Bertz CT molecular complexity index is 596. The van der Waals surface area contributed by atoms with E-state index in [-0.39, 0.29) is 0 Å². The van der Waals surface area contributed by atoms with Gasteiger partial charge in [0.2, 0.25) is 0 Å². The highest BCUT2D eigenvalue weighted by Crippen LogP contribution is 2.25. The maximum atomic E-state index is 4.12. The number of rotatable bonds is 3. The fourth-order valence-corrected chi connectivity index (χ4v) is 3.30. The molecule has 1 aromatic heterocycles. The molecule has 0 bridgehead atoms. The van der Waals surface area contributed by atoms with Gasteiger partial charge < -0.3 is 0 Å². The van der Waals surface area contributed by atoms with Crippen molar-refractivity contribution in [3.05, 3.63) is 51.5 Å². The zero-order valence-corrected chi connectivity index (χ0v) is 12.8. The Kier molecular flexibility index (Phi) is 3.94. The first-order valence-electron chi connectivity index (χ1n) is 6.96. The first-order valence-corrected chi connectivity index (χ1v) is 7.84. The van der Waals surface area contributed by atoms with Crippen molar-refractivity contribution >= 4 is 16.9 Å². The van der Waals surface area contributed by atoms with Crippen molar-refractivity contribution in [2.45, 2.75) is 26.8 Å². The summed E-state index contributed by atoms with van der Waals surface area (Å²) < 4.78 is 0. The Morgan fingerprint density at radius 2 is 2.00 bits per heavy atom. The highest BCUT2D eigenvalue weighted by atomic mass is 32.1. The molecule has 104 valence electrons. The summed E-state index contributed by atoms with van der Waals surface area (Å²) in [5.74, 6) is 0. The van der Waals surface area contributed by atoms with Crippen LogP contribution in [0.1, 0.15) is 28.1 Å². The first kappa shape index (κ1) is 13.5.